The van der Waals surface area contributed by atoms with Crippen LogP contribution in [0.4, 0.5) is 4.79 Å². The molecule has 1 heterocycles. The summed E-state index contributed by atoms with van der Waals surface area (Å²) in [5, 5.41) is 14.4. The molecule has 1 aliphatic carbocycles. The van der Waals surface area contributed by atoms with Crippen LogP contribution in [-0.4, -0.2) is 54.1 Å². The molecule has 0 atom stereocenters. The van der Waals surface area contributed by atoms with Crippen molar-refractivity contribution < 1.29 is 19.5 Å². The summed E-state index contributed by atoms with van der Waals surface area (Å²) in [4.78, 5) is 35.8. The number of nitrogens with zero attached hydrogens (tertiary/aromatic N) is 1. The van der Waals surface area contributed by atoms with Gasteiger partial charge in [0.2, 0.25) is 5.91 Å². The zero-order chi connectivity index (χ0) is 14.6. The van der Waals surface area contributed by atoms with E-state index in [4.69, 9.17) is 5.11 Å². The Morgan fingerprint density at radius 2 is 2.10 bits per heavy atom. The van der Waals surface area contributed by atoms with E-state index in [0.717, 1.165) is 25.7 Å². The first-order chi connectivity index (χ1) is 9.51. The summed E-state index contributed by atoms with van der Waals surface area (Å²) < 4.78 is 0. The highest BCUT2D eigenvalue weighted by Gasteiger charge is 2.39. The van der Waals surface area contributed by atoms with Crippen LogP contribution in [0.25, 0.3) is 0 Å². The van der Waals surface area contributed by atoms with Crippen LogP contribution in [0.1, 0.15) is 32.1 Å². The summed E-state index contributed by atoms with van der Waals surface area (Å²) >= 11 is 0. The van der Waals surface area contributed by atoms with E-state index in [9.17, 15) is 14.4 Å². The van der Waals surface area contributed by atoms with Gasteiger partial charge in [-0.15, -0.1) is 0 Å². The highest BCUT2D eigenvalue weighted by atomic mass is 16.4. The molecule has 20 heavy (non-hydrogen) atoms. The maximum Gasteiger partial charge on any atom is 0.317 e. The summed E-state index contributed by atoms with van der Waals surface area (Å²) in [6.45, 7) is 1.57. The summed E-state index contributed by atoms with van der Waals surface area (Å²) in [5.74, 6) is -0.977. The van der Waals surface area contributed by atoms with Gasteiger partial charge in [0.1, 0.15) is 6.54 Å². The molecule has 3 N–H and O–H groups in total. The number of carbonyl (C=O) groups excluding carboxylic acids is 2. The number of nitrogens with one attached hydrogen (secondary N) is 2. The predicted octanol–water partition coefficient (Wildman–Crippen LogP) is 0.163. The van der Waals surface area contributed by atoms with Crippen molar-refractivity contribution in [3.05, 3.63) is 0 Å². The summed E-state index contributed by atoms with van der Waals surface area (Å²) in [7, 11) is 0. The first-order valence-corrected chi connectivity index (χ1v) is 7.02. The number of urea groups is 1. The molecule has 0 bridgehead atoms. The van der Waals surface area contributed by atoms with Crippen LogP contribution in [0.2, 0.25) is 0 Å². The third-order valence-corrected chi connectivity index (χ3v) is 4.10. The van der Waals surface area contributed by atoms with E-state index in [1.54, 1.807) is 0 Å². The fraction of sp³-hybridized carbons (Fsp3) is 0.769. The highest BCUT2D eigenvalue weighted by Crippen LogP contribution is 2.43. The standard InChI is InChI=1S/C13H21N3O4/c17-10-8-16(6-2-5-14-10)12(20)15-9-13(3-1-4-13)7-11(18)19/h1-9H2,(H,14,17)(H,15,20)(H,18,19). The smallest absolute Gasteiger partial charge is 0.317 e. The van der Waals surface area contributed by atoms with Crippen LogP contribution >= 0.6 is 0 Å². The van der Waals surface area contributed by atoms with Gasteiger partial charge in [0, 0.05) is 19.6 Å². The van der Waals surface area contributed by atoms with Crippen LogP contribution in [0.3, 0.4) is 0 Å². The molecule has 0 aromatic carbocycles. The van der Waals surface area contributed by atoms with Gasteiger partial charge in [-0.25, -0.2) is 4.79 Å². The molecule has 0 aromatic heterocycles. The largest absolute Gasteiger partial charge is 0.481 e. The average molecular weight is 283 g/mol. The van der Waals surface area contributed by atoms with Gasteiger partial charge >= 0.3 is 12.0 Å². The van der Waals surface area contributed by atoms with E-state index in [1.165, 1.54) is 4.90 Å². The molecule has 1 saturated heterocycles. The second kappa shape index (κ2) is 6.11. The summed E-state index contributed by atoms with van der Waals surface area (Å²) in [6, 6.07) is -0.279. The second-order valence-corrected chi connectivity index (χ2v) is 5.71. The third-order valence-electron chi connectivity index (χ3n) is 4.10. The van der Waals surface area contributed by atoms with Crippen molar-refractivity contribution in [2.24, 2.45) is 5.41 Å². The molecular weight excluding hydrogens is 262 g/mol. The number of carbonyl (C=O) groups is 3. The minimum atomic E-state index is -0.826. The number of rotatable bonds is 4. The maximum atomic E-state index is 12.1. The molecule has 0 radical (unpaired) electrons. The Morgan fingerprint density at radius 1 is 1.35 bits per heavy atom. The van der Waals surface area contributed by atoms with E-state index in [0.29, 0.717) is 19.6 Å². The molecule has 1 saturated carbocycles. The zero-order valence-electron chi connectivity index (χ0n) is 11.5. The van der Waals surface area contributed by atoms with Gasteiger partial charge in [0.05, 0.1) is 6.42 Å². The van der Waals surface area contributed by atoms with Crippen molar-refractivity contribution in [1.29, 1.82) is 0 Å². The maximum absolute atomic E-state index is 12.1. The minimum absolute atomic E-state index is 0.0672. The molecule has 112 valence electrons. The van der Waals surface area contributed by atoms with E-state index in [2.05, 4.69) is 10.6 Å². The van der Waals surface area contributed by atoms with Crippen LogP contribution < -0.4 is 10.6 Å². The number of carboxylic acids is 1. The SMILES string of the molecule is O=C(O)CC1(CNC(=O)N2CCCNC(=O)C2)CCC1. The number of hydrogen-bond acceptors (Lipinski definition) is 3. The van der Waals surface area contributed by atoms with Gasteiger partial charge in [0.25, 0.3) is 0 Å². The van der Waals surface area contributed by atoms with E-state index in [1.807, 2.05) is 0 Å². The molecule has 0 unspecified atom stereocenters. The fourth-order valence-electron chi connectivity index (χ4n) is 2.77. The van der Waals surface area contributed by atoms with Crippen molar-refractivity contribution in [2.75, 3.05) is 26.2 Å². The molecule has 3 amide bonds. The Bertz CT molecular complexity index is 406. The van der Waals surface area contributed by atoms with Crippen LogP contribution in [0.15, 0.2) is 0 Å². The van der Waals surface area contributed by atoms with Gasteiger partial charge in [-0.2, -0.15) is 0 Å². The van der Waals surface area contributed by atoms with Crippen LogP contribution in [0, 0.1) is 5.41 Å². The Labute approximate surface area is 117 Å². The lowest BCUT2D eigenvalue weighted by molar-refractivity contribution is -0.141. The number of aliphatic carboxylic acids is 1. The van der Waals surface area contributed by atoms with Crippen molar-refractivity contribution in [1.82, 2.24) is 15.5 Å². The Balaban J connectivity index is 1.84. The van der Waals surface area contributed by atoms with Gasteiger partial charge < -0.3 is 20.6 Å². The molecule has 0 aromatic rings. The Morgan fingerprint density at radius 3 is 2.70 bits per heavy atom. The van der Waals surface area contributed by atoms with Crippen molar-refractivity contribution in [3.63, 3.8) is 0 Å². The molecule has 1 aliphatic heterocycles. The fourth-order valence-corrected chi connectivity index (χ4v) is 2.77. The van der Waals surface area contributed by atoms with Crippen LogP contribution in [-0.2, 0) is 9.59 Å². The van der Waals surface area contributed by atoms with E-state index >= 15 is 0 Å². The average Bonchev–Trinajstić information content (AvgIpc) is 2.56. The topological polar surface area (TPSA) is 98.7 Å². The van der Waals surface area contributed by atoms with Crippen molar-refractivity contribution in [3.8, 4) is 0 Å². The quantitative estimate of drug-likeness (QED) is 0.684. The van der Waals surface area contributed by atoms with Gasteiger partial charge in [-0.1, -0.05) is 6.42 Å². The third kappa shape index (κ3) is 3.61. The number of hydrogen-bond donors (Lipinski definition) is 3. The molecule has 2 fully saturated rings. The first kappa shape index (κ1) is 14.6. The molecule has 2 rings (SSSR count). The lowest BCUT2D eigenvalue weighted by atomic mass is 9.66. The Kier molecular flexibility index (Phi) is 4.46. The van der Waals surface area contributed by atoms with Crippen molar-refractivity contribution >= 4 is 17.9 Å². The predicted molar refractivity (Wildman–Crippen MR) is 71.1 cm³/mol. The second-order valence-electron chi connectivity index (χ2n) is 5.71. The van der Waals surface area contributed by atoms with Crippen molar-refractivity contribution in [2.45, 2.75) is 32.1 Å². The van der Waals surface area contributed by atoms with Gasteiger partial charge in [-0.05, 0) is 24.7 Å². The monoisotopic (exact) mass is 283 g/mol. The normalized spacial score (nSPS) is 21.4. The molecule has 7 heteroatoms. The van der Waals surface area contributed by atoms with Crippen LogP contribution in [0.5, 0.6) is 0 Å². The molecule has 0 spiro atoms. The first-order valence-electron chi connectivity index (χ1n) is 7.02. The number of carboxylic acid groups (broad SMARTS) is 1. The molecular formula is C13H21N3O4. The number of amides is 3. The highest BCUT2D eigenvalue weighted by molar-refractivity contribution is 5.84. The minimum Gasteiger partial charge on any atom is -0.481 e. The van der Waals surface area contributed by atoms with Gasteiger partial charge in [-0.3, -0.25) is 9.59 Å². The zero-order valence-corrected chi connectivity index (χ0v) is 11.5. The molecule has 7 nitrogen and oxygen atoms in total. The summed E-state index contributed by atoms with van der Waals surface area (Å²) in [6.07, 6.45) is 3.50. The lowest BCUT2D eigenvalue weighted by Crippen LogP contribution is -2.49. The van der Waals surface area contributed by atoms with E-state index in [-0.39, 0.29) is 30.3 Å². The lowest BCUT2D eigenvalue weighted by Gasteiger charge is -2.41. The van der Waals surface area contributed by atoms with E-state index < -0.39 is 5.97 Å². The van der Waals surface area contributed by atoms with Gasteiger partial charge in [0.15, 0.2) is 0 Å². The molecule has 2 aliphatic rings. The Hall–Kier alpha value is -1.79. The summed E-state index contributed by atoms with van der Waals surface area (Å²) in [5.41, 5.74) is -0.296.